The number of carbonyl (C=O) groups excluding carboxylic acids is 2. The Hall–Kier alpha value is -4.15. The molecule has 0 aromatic heterocycles. The van der Waals surface area contributed by atoms with Crippen LogP contribution < -0.4 is 19.5 Å². The number of benzene rings is 2. The molecular weight excluding hydrogens is 521 g/mol. The summed E-state index contributed by atoms with van der Waals surface area (Å²) in [6.07, 6.45) is 0. The Morgan fingerprint density at radius 1 is 1.12 bits per heavy atom. The van der Waals surface area contributed by atoms with Gasteiger partial charge in [-0.15, -0.1) is 0 Å². The molecule has 1 atom stereocenters. The summed E-state index contributed by atoms with van der Waals surface area (Å²) in [5, 5.41) is 20.3. The largest absolute Gasteiger partial charge is 0.496 e. The van der Waals surface area contributed by atoms with Crippen LogP contribution in [0.3, 0.4) is 0 Å². The number of methoxy groups -OCH3 is 1. The van der Waals surface area contributed by atoms with Gasteiger partial charge in [-0.25, -0.2) is 4.39 Å². The summed E-state index contributed by atoms with van der Waals surface area (Å²) in [6, 6.07) is 3.44. The average molecular weight is 558 g/mol. The Morgan fingerprint density at radius 2 is 1.77 bits per heavy atom. The second kappa shape index (κ2) is 11.9. The first-order valence-electron chi connectivity index (χ1n) is 13.0. The van der Waals surface area contributed by atoms with Gasteiger partial charge in [-0.3, -0.25) is 19.8 Å². The Morgan fingerprint density at radius 3 is 2.33 bits per heavy atom. The first kappa shape index (κ1) is 30.4. The van der Waals surface area contributed by atoms with Crippen molar-refractivity contribution in [2.24, 2.45) is 0 Å². The van der Waals surface area contributed by atoms with Crippen LogP contribution >= 0.6 is 0 Å². The second-order valence-corrected chi connectivity index (χ2v) is 10.4. The zero-order chi connectivity index (χ0) is 29.9. The monoisotopic (exact) mass is 557 g/mol. The van der Waals surface area contributed by atoms with Crippen molar-refractivity contribution in [1.29, 1.82) is 5.41 Å². The van der Waals surface area contributed by atoms with Crippen molar-refractivity contribution in [1.82, 2.24) is 10.2 Å². The molecule has 40 heavy (non-hydrogen) atoms. The molecule has 0 spiro atoms. The molecule has 0 fully saturated rings. The zero-order valence-electron chi connectivity index (χ0n) is 23.9. The Kier molecular flexibility index (Phi) is 9.07. The van der Waals surface area contributed by atoms with Gasteiger partial charge in [-0.1, -0.05) is 20.8 Å². The van der Waals surface area contributed by atoms with Crippen LogP contribution in [-0.2, 0) is 16.8 Å². The fourth-order valence-corrected chi connectivity index (χ4v) is 4.49. The molecule has 0 radical (unpaired) electrons. The fourth-order valence-electron chi connectivity index (χ4n) is 4.49. The molecule has 3 N–H and O–H groups in total. The van der Waals surface area contributed by atoms with Crippen molar-refractivity contribution in [2.75, 3.05) is 26.9 Å². The number of nitrogens with one attached hydrogen (secondary N) is 2. The summed E-state index contributed by atoms with van der Waals surface area (Å²) in [4.78, 5) is 39.4. The number of hydrogen-bond donors (Lipinski definition) is 3. The van der Waals surface area contributed by atoms with Crippen LogP contribution in [0.25, 0.3) is 0 Å². The Labute approximate surface area is 232 Å². The van der Waals surface area contributed by atoms with E-state index in [0.717, 1.165) is 0 Å². The summed E-state index contributed by atoms with van der Waals surface area (Å²) >= 11 is 0. The van der Waals surface area contributed by atoms with Gasteiger partial charge in [-0.05, 0) is 49.9 Å². The Bertz CT molecular complexity index is 1350. The predicted molar refractivity (Wildman–Crippen MR) is 147 cm³/mol. The molecule has 216 valence electrons. The maximum atomic E-state index is 15.4. The van der Waals surface area contributed by atoms with Crippen molar-refractivity contribution in [3.8, 4) is 17.2 Å². The number of amides is 1. The molecule has 2 aromatic rings. The van der Waals surface area contributed by atoms with Crippen molar-refractivity contribution < 1.29 is 38.1 Å². The third-order valence-electron chi connectivity index (χ3n) is 6.49. The molecule has 11 heteroatoms. The normalized spacial score (nSPS) is 13.5. The quantitative estimate of drug-likeness (QED) is 0.350. The van der Waals surface area contributed by atoms with Crippen LogP contribution in [0, 0.1) is 11.2 Å². The molecule has 0 aliphatic carbocycles. The highest BCUT2D eigenvalue weighted by Crippen LogP contribution is 2.39. The third-order valence-corrected chi connectivity index (χ3v) is 6.49. The van der Waals surface area contributed by atoms with Gasteiger partial charge in [0.1, 0.15) is 17.6 Å². The first-order chi connectivity index (χ1) is 18.7. The van der Waals surface area contributed by atoms with E-state index in [9.17, 15) is 19.5 Å². The van der Waals surface area contributed by atoms with Gasteiger partial charge in [0.15, 0.2) is 23.1 Å². The molecule has 3 rings (SSSR count). The number of nitrogens with zero attached hydrogens (tertiary/aromatic N) is 1. The van der Waals surface area contributed by atoms with E-state index in [1.165, 1.54) is 25.0 Å². The predicted octanol–water partition coefficient (Wildman–Crippen LogP) is 4.16. The molecule has 1 heterocycles. The van der Waals surface area contributed by atoms with E-state index >= 15 is 4.39 Å². The van der Waals surface area contributed by atoms with Crippen LogP contribution in [-0.4, -0.2) is 66.4 Å². The van der Waals surface area contributed by atoms with Crippen molar-refractivity contribution in [3.05, 3.63) is 51.8 Å². The first-order valence-corrected chi connectivity index (χ1v) is 13.0. The third kappa shape index (κ3) is 6.03. The summed E-state index contributed by atoms with van der Waals surface area (Å²) in [5.74, 6) is -2.82. The summed E-state index contributed by atoms with van der Waals surface area (Å²) in [5.41, 5.74) is 0.762. The number of amidine groups is 1. The van der Waals surface area contributed by atoms with Crippen LogP contribution in [0.15, 0.2) is 18.2 Å². The molecule has 2 aromatic carbocycles. The van der Waals surface area contributed by atoms with Gasteiger partial charge in [0, 0.05) is 17.7 Å². The smallest absolute Gasteiger partial charge is 0.325 e. The van der Waals surface area contributed by atoms with Crippen LogP contribution in [0.5, 0.6) is 17.2 Å². The number of hydrogen-bond acceptors (Lipinski definition) is 7. The van der Waals surface area contributed by atoms with E-state index in [1.54, 1.807) is 26.0 Å². The van der Waals surface area contributed by atoms with E-state index in [2.05, 4.69) is 5.32 Å². The standard InChI is InChI=1S/C29H36FN3O7/c1-8-39-21-12-17-13-33(26(31)22(17)23(30)25(21)40-9-2)14-20(34)16-10-18(27(35)32-15(3)28(36)37)24(38-7)19(11-16)29(4,5)6/h10-12,15,31H,8-9,13-14H2,1-7H3,(H,32,35)(H,36,37). The summed E-state index contributed by atoms with van der Waals surface area (Å²) in [7, 11) is 1.40. The number of rotatable bonds is 11. The van der Waals surface area contributed by atoms with Crippen LogP contribution in [0.2, 0.25) is 0 Å². The summed E-state index contributed by atoms with van der Waals surface area (Å²) in [6.45, 7) is 10.8. The Balaban J connectivity index is 1.99. The van der Waals surface area contributed by atoms with Crippen molar-refractivity contribution in [2.45, 2.75) is 59.5 Å². The van der Waals surface area contributed by atoms with Gasteiger partial charge in [0.05, 0.1) is 38.0 Å². The van der Waals surface area contributed by atoms with E-state index in [1.807, 2.05) is 20.8 Å². The topological polar surface area (TPSA) is 138 Å². The maximum Gasteiger partial charge on any atom is 0.325 e. The fraction of sp³-hybridized carbons (Fsp3) is 0.448. The highest BCUT2D eigenvalue weighted by molar-refractivity contribution is 6.07. The number of carboxylic acid groups (broad SMARTS) is 1. The number of carboxylic acids is 1. The van der Waals surface area contributed by atoms with Crippen molar-refractivity contribution in [3.63, 3.8) is 0 Å². The number of ketones is 1. The van der Waals surface area contributed by atoms with Gasteiger partial charge < -0.3 is 29.5 Å². The second-order valence-electron chi connectivity index (χ2n) is 10.4. The van der Waals surface area contributed by atoms with Gasteiger partial charge >= 0.3 is 5.97 Å². The highest BCUT2D eigenvalue weighted by Gasteiger charge is 2.34. The number of ether oxygens (including phenoxy) is 3. The average Bonchev–Trinajstić information content (AvgIpc) is 3.19. The lowest BCUT2D eigenvalue weighted by atomic mass is 9.83. The van der Waals surface area contributed by atoms with Gasteiger partial charge in [0.2, 0.25) is 0 Å². The number of carbonyl (C=O) groups is 3. The van der Waals surface area contributed by atoms with E-state index in [0.29, 0.717) is 17.7 Å². The molecule has 0 saturated heterocycles. The molecule has 1 aliphatic rings. The van der Waals surface area contributed by atoms with E-state index in [-0.39, 0.29) is 59.5 Å². The minimum Gasteiger partial charge on any atom is -0.496 e. The molecule has 1 unspecified atom stereocenters. The number of fused-ring (bicyclic) bond motifs is 1. The number of aliphatic carboxylic acids is 1. The number of Topliss-reactive ketones (excluding diaryl/α,β-unsaturated/α-hetero) is 1. The van der Waals surface area contributed by atoms with Gasteiger partial charge in [-0.2, -0.15) is 0 Å². The molecule has 1 amide bonds. The minimum atomic E-state index is -1.21. The lowest BCUT2D eigenvalue weighted by Gasteiger charge is -2.25. The molecular formula is C29H36FN3O7. The van der Waals surface area contributed by atoms with Crippen LogP contribution in [0.1, 0.15) is 78.9 Å². The minimum absolute atomic E-state index is 0.0138. The highest BCUT2D eigenvalue weighted by atomic mass is 19.1. The molecule has 1 aliphatic heterocycles. The molecule has 0 bridgehead atoms. The van der Waals surface area contributed by atoms with Crippen molar-refractivity contribution >= 4 is 23.5 Å². The van der Waals surface area contributed by atoms with E-state index < -0.39 is 34.9 Å². The molecule has 0 saturated carbocycles. The lowest BCUT2D eigenvalue weighted by Crippen LogP contribution is -2.38. The molecule has 10 nitrogen and oxygen atoms in total. The number of halogens is 1. The van der Waals surface area contributed by atoms with Crippen LogP contribution in [0.4, 0.5) is 4.39 Å². The zero-order valence-corrected chi connectivity index (χ0v) is 23.9. The maximum absolute atomic E-state index is 15.4. The summed E-state index contributed by atoms with van der Waals surface area (Å²) < 4.78 is 32.0. The SMILES string of the molecule is CCOc1cc2c(c(F)c1OCC)C(=N)N(CC(=O)c1cc(C(=O)NC(C)C(=O)O)c(OC)c(C(C)(C)C)c1)C2. The van der Waals surface area contributed by atoms with Gasteiger partial charge in [0.25, 0.3) is 5.91 Å². The van der Waals surface area contributed by atoms with E-state index in [4.69, 9.17) is 19.6 Å². The lowest BCUT2D eigenvalue weighted by molar-refractivity contribution is -0.138.